The second-order valence-corrected chi connectivity index (χ2v) is 4.74. The highest BCUT2D eigenvalue weighted by Crippen LogP contribution is 2.14. The van der Waals surface area contributed by atoms with E-state index >= 15 is 0 Å². The molecule has 0 aliphatic heterocycles. The van der Waals surface area contributed by atoms with E-state index < -0.39 is 0 Å². The lowest BCUT2D eigenvalue weighted by molar-refractivity contribution is 0.293. The first-order valence-corrected chi connectivity index (χ1v) is 6.91. The number of nitrogens with zero attached hydrogens (tertiary/aromatic N) is 4. The Morgan fingerprint density at radius 2 is 1.68 bits per heavy atom. The van der Waals surface area contributed by atoms with Crippen LogP contribution in [0.4, 0.5) is 0 Å². The van der Waals surface area contributed by atoms with Gasteiger partial charge in [0.05, 0.1) is 6.54 Å². The van der Waals surface area contributed by atoms with Gasteiger partial charge in [0, 0.05) is 0 Å². The molecule has 0 bridgehead atoms. The predicted molar refractivity (Wildman–Crippen MR) is 81.1 cm³/mol. The van der Waals surface area contributed by atoms with Crippen molar-refractivity contribution < 1.29 is 4.74 Å². The molecule has 5 nitrogen and oxygen atoms in total. The second kappa shape index (κ2) is 6.55. The molecule has 3 aromatic rings. The van der Waals surface area contributed by atoms with Crippen LogP contribution in [0, 0.1) is 11.3 Å². The number of para-hydroxylation sites is 1. The van der Waals surface area contributed by atoms with Gasteiger partial charge in [0.15, 0.2) is 5.69 Å². The summed E-state index contributed by atoms with van der Waals surface area (Å²) >= 11 is 0. The smallest absolute Gasteiger partial charge is 0.189 e. The van der Waals surface area contributed by atoms with Gasteiger partial charge in [-0.2, -0.15) is 5.26 Å². The van der Waals surface area contributed by atoms with Gasteiger partial charge in [-0.05, 0) is 17.7 Å². The maximum absolute atomic E-state index is 9.17. The summed E-state index contributed by atoms with van der Waals surface area (Å²) in [4.78, 5) is 0. The lowest BCUT2D eigenvalue weighted by Gasteiger charge is -2.08. The maximum atomic E-state index is 9.17. The summed E-state index contributed by atoms with van der Waals surface area (Å²) in [6.07, 6.45) is 0. The fourth-order valence-corrected chi connectivity index (χ4v) is 2.11. The Labute approximate surface area is 128 Å². The number of benzene rings is 2. The van der Waals surface area contributed by atoms with Crippen molar-refractivity contribution in [3.63, 3.8) is 0 Å². The molecule has 1 aromatic heterocycles. The molecule has 0 saturated heterocycles. The molecule has 2 aromatic carbocycles. The van der Waals surface area contributed by atoms with E-state index in [1.165, 1.54) is 0 Å². The van der Waals surface area contributed by atoms with Crippen molar-refractivity contribution in [3.05, 3.63) is 77.6 Å². The van der Waals surface area contributed by atoms with Gasteiger partial charge < -0.3 is 4.74 Å². The Bertz CT molecular complexity index is 775. The molecule has 0 aliphatic rings. The summed E-state index contributed by atoms with van der Waals surface area (Å²) in [7, 11) is 0. The lowest BCUT2D eigenvalue weighted by Crippen LogP contribution is -2.09. The van der Waals surface area contributed by atoms with Gasteiger partial charge in [0.1, 0.15) is 24.1 Å². The van der Waals surface area contributed by atoms with Gasteiger partial charge in [-0.25, -0.2) is 4.68 Å². The quantitative estimate of drug-likeness (QED) is 0.725. The Balaban J connectivity index is 1.80. The summed E-state index contributed by atoms with van der Waals surface area (Å²) in [5, 5.41) is 17.1. The Morgan fingerprint density at radius 1 is 1.00 bits per heavy atom. The van der Waals surface area contributed by atoms with Crippen LogP contribution in [0.15, 0.2) is 60.7 Å². The summed E-state index contributed by atoms with van der Waals surface area (Å²) in [5.41, 5.74) is 2.07. The fraction of sp³-hybridized carbons (Fsp3) is 0.118. The van der Waals surface area contributed by atoms with Crippen molar-refractivity contribution in [3.8, 4) is 11.8 Å². The highest BCUT2D eigenvalue weighted by Gasteiger charge is 2.13. The van der Waals surface area contributed by atoms with Crippen molar-refractivity contribution >= 4 is 0 Å². The van der Waals surface area contributed by atoms with Crippen molar-refractivity contribution in [2.45, 2.75) is 13.2 Å². The van der Waals surface area contributed by atoms with Crippen LogP contribution in [0.5, 0.6) is 5.75 Å². The van der Waals surface area contributed by atoms with Gasteiger partial charge in [-0.15, -0.1) is 5.10 Å². The number of hydrogen-bond acceptors (Lipinski definition) is 4. The maximum Gasteiger partial charge on any atom is 0.189 e. The fourth-order valence-electron chi connectivity index (χ4n) is 2.11. The molecule has 0 spiro atoms. The molecule has 3 rings (SSSR count). The first-order chi connectivity index (χ1) is 10.9. The van der Waals surface area contributed by atoms with Gasteiger partial charge >= 0.3 is 0 Å². The number of hydrogen-bond donors (Lipinski definition) is 0. The largest absolute Gasteiger partial charge is 0.487 e. The van der Waals surface area contributed by atoms with Crippen LogP contribution in [0.3, 0.4) is 0 Å². The monoisotopic (exact) mass is 290 g/mol. The average Bonchev–Trinajstić information content (AvgIpc) is 2.96. The number of aromatic nitrogens is 3. The molecule has 0 amide bonds. The highest BCUT2D eigenvalue weighted by atomic mass is 16.5. The molecule has 1 heterocycles. The van der Waals surface area contributed by atoms with Crippen LogP contribution in [0.25, 0.3) is 0 Å². The second-order valence-electron chi connectivity index (χ2n) is 4.74. The normalized spacial score (nSPS) is 10.1. The Kier molecular flexibility index (Phi) is 4.12. The molecule has 0 saturated carbocycles. The molecular weight excluding hydrogens is 276 g/mol. The minimum Gasteiger partial charge on any atom is -0.487 e. The molecule has 0 radical (unpaired) electrons. The topological polar surface area (TPSA) is 63.7 Å². The SMILES string of the molecule is N#Cc1nnn(Cc2ccccc2)c1COc1ccccc1. The third kappa shape index (κ3) is 3.13. The van der Waals surface area contributed by atoms with E-state index in [1.807, 2.05) is 60.7 Å². The third-order valence-corrected chi connectivity index (χ3v) is 3.24. The van der Waals surface area contributed by atoms with E-state index in [1.54, 1.807) is 4.68 Å². The van der Waals surface area contributed by atoms with E-state index in [0.717, 1.165) is 11.3 Å². The molecular formula is C17H14N4O. The lowest BCUT2D eigenvalue weighted by atomic mass is 10.2. The summed E-state index contributed by atoms with van der Waals surface area (Å²) < 4.78 is 7.42. The third-order valence-electron chi connectivity index (χ3n) is 3.24. The van der Waals surface area contributed by atoms with Gasteiger partial charge in [0.2, 0.25) is 0 Å². The molecule has 0 fully saturated rings. The van der Waals surface area contributed by atoms with Crippen LogP contribution in [-0.4, -0.2) is 15.0 Å². The van der Waals surface area contributed by atoms with E-state index in [9.17, 15) is 5.26 Å². The number of ether oxygens (including phenoxy) is 1. The Morgan fingerprint density at radius 3 is 2.36 bits per heavy atom. The standard InChI is InChI=1S/C17H14N4O/c18-11-16-17(13-22-15-9-5-2-6-10-15)21(20-19-16)12-14-7-3-1-4-8-14/h1-10H,12-13H2. The van der Waals surface area contributed by atoms with Crippen molar-refractivity contribution in [1.82, 2.24) is 15.0 Å². The number of rotatable bonds is 5. The van der Waals surface area contributed by atoms with Gasteiger partial charge in [-0.3, -0.25) is 0 Å². The van der Waals surface area contributed by atoms with Gasteiger partial charge in [-0.1, -0.05) is 53.7 Å². The van der Waals surface area contributed by atoms with Crippen LogP contribution in [-0.2, 0) is 13.2 Å². The zero-order valence-electron chi connectivity index (χ0n) is 11.9. The minimum absolute atomic E-state index is 0.257. The van der Waals surface area contributed by atoms with E-state index in [4.69, 9.17) is 4.74 Å². The van der Waals surface area contributed by atoms with Crippen molar-refractivity contribution in [1.29, 1.82) is 5.26 Å². The molecule has 0 atom stereocenters. The first-order valence-electron chi connectivity index (χ1n) is 6.91. The minimum atomic E-state index is 0.257. The molecule has 5 heteroatoms. The van der Waals surface area contributed by atoms with Gasteiger partial charge in [0.25, 0.3) is 0 Å². The van der Waals surface area contributed by atoms with E-state index in [0.29, 0.717) is 17.9 Å². The molecule has 0 N–H and O–H groups in total. The van der Waals surface area contributed by atoms with Crippen LogP contribution < -0.4 is 4.74 Å². The van der Waals surface area contributed by atoms with Crippen molar-refractivity contribution in [2.75, 3.05) is 0 Å². The van der Waals surface area contributed by atoms with Crippen molar-refractivity contribution in [2.24, 2.45) is 0 Å². The van der Waals surface area contributed by atoms with Crippen LogP contribution in [0.1, 0.15) is 17.0 Å². The first kappa shape index (κ1) is 13.8. The summed E-state index contributed by atoms with van der Waals surface area (Å²) in [5.74, 6) is 0.749. The zero-order valence-corrected chi connectivity index (χ0v) is 11.9. The molecule has 0 aliphatic carbocycles. The van der Waals surface area contributed by atoms with Crippen LogP contribution in [0.2, 0.25) is 0 Å². The molecule has 108 valence electrons. The average molecular weight is 290 g/mol. The predicted octanol–water partition coefficient (Wildman–Crippen LogP) is 2.78. The Hall–Kier alpha value is -3.13. The van der Waals surface area contributed by atoms with Crippen LogP contribution >= 0.6 is 0 Å². The summed E-state index contributed by atoms with van der Waals surface area (Å²) in [6, 6.07) is 21.5. The number of nitriles is 1. The zero-order chi connectivity index (χ0) is 15.2. The summed E-state index contributed by atoms with van der Waals surface area (Å²) in [6.45, 7) is 0.815. The molecule has 22 heavy (non-hydrogen) atoms. The highest BCUT2D eigenvalue weighted by molar-refractivity contribution is 5.27. The van der Waals surface area contributed by atoms with E-state index in [2.05, 4.69) is 16.4 Å². The molecule has 0 unspecified atom stereocenters. The van der Waals surface area contributed by atoms with E-state index in [-0.39, 0.29) is 6.61 Å².